The van der Waals surface area contributed by atoms with Gasteiger partial charge in [0, 0.05) is 24.0 Å². The molecular weight excluding hydrogens is 198 g/mol. The molecule has 90 valence electrons. The van der Waals surface area contributed by atoms with Gasteiger partial charge in [0.2, 0.25) is 0 Å². The zero-order valence-electron chi connectivity index (χ0n) is 10.8. The molecule has 1 aromatic heterocycles. The van der Waals surface area contributed by atoms with Crippen LogP contribution in [-0.2, 0) is 0 Å². The lowest BCUT2D eigenvalue weighted by molar-refractivity contribution is 0.333. The molecule has 0 bridgehead atoms. The maximum absolute atomic E-state index is 4.08. The van der Waals surface area contributed by atoms with Gasteiger partial charge in [0.05, 0.1) is 0 Å². The smallest absolute Gasteiger partial charge is 0.115 e. The van der Waals surface area contributed by atoms with Crippen LogP contribution in [0.1, 0.15) is 52.1 Å². The summed E-state index contributed by atoms with van der Waals surface area (Å²) in [6, 6.07) is 0.380. The van der Waals surface area contributed by atoms with E-state index in [2.05, 4.69) is 43.0 Å². The van der Waals surface area contributed by atoms with E-state index in [0.717, 1.165) is 13.0 Å². The number of nitrogens with one attached hydrogen (secondary N) is 1. The Bertz CT molecular complexity index is 290. The topological polar surface area (TPSA) is 37.8 Å². The standard InChI is InChI=1S/C13H23N3/c1-5-16-12(6-7-13(2,3)4)11-8-14-10-15-9-11/h8-10,12,16H,5-7H2,1-4H3. The molecule has 1 atom stereocenters. The summed E-state index contributed by atoms with van der Waals surface area (Å²) in [6.45, 7) is 9.93. The predicted molar refractivity (Wildman–Crippen MR) is 67.1 cm³/mol. The lowest BCUT2D eigenvalue weighted by Gasteiger charge is -2.23. The normalized spacial score (nSPS) is 13.8. The van der Waals surface area contributed by atoms with Crippen molar-refractivity contribution in [1.82, 2.24) is 15.3 Å². The van der Waals surface area contributed by atoms with E-state index in [4.69, 9.17) is 0 Å². The van der Waals surface area contributed by atoms with Crippen molar-refractivity contribution < 1.29 is 0 Å². The first-order valence-corrected chi connectivity index (χ1v) is 6.01. The molecule has 0 spiro atoms. The first-order valence-electron chi connectivity index (χ1n) is 6.01. The molecule has 0 aliphatic carbocycles. The Labute approximate surface area is 98.7 Å². The summed E-state index contributed by atoms with van der Waals surface area (Å²) in [5.74, 6) is 0. The minimum atomic E-state index is 0.378. The molecule has 0 aliphatic heterocycles. The summed E-state index contributed by atoms with van der Waals surface area (Å²) in [4.78, 5) is 8.16. The van der Waals surface area contributed by atoms with Gasteiger partial charge in [-0.15, -0.1) is 0 Å². The molecule has 0 saturated carbocycles. The Morgan fingerprint density at radius 2 is 1.88 bits per heavy atom. The SMILES string of the molecule is CCNC(CCC(C)(C)C)c1cncnc1. The van der Waals surface area contributed by atoms with Crippen LogP contribution in [0.2, 0.25) is 0 Å². The summed E-state index contributed by atoms with van der Waals surface area (Å²) in [5.41, 5.74) is 1.57. The summed E-state index contributed by atoms with van der Waals surface area (Å²) in [6.07, 6.45) is 7.71. The second kappa shape index (κ2) is 5.94. The van der Waals surface area contributed by atoms with Gasteiger partial charge >= 0.3 is 0 Å². The molecule has 0 aromatic carbocycles. The van der Waals surface area contributed by atoms with Gasteiger partial charge in [0.25, 0.3) is 0 Å². The van der Waals surface area contributed by atoms with Gasteiger partial charge in [-0.25, -0.2) is 9.97 Å². The van der Waals surface area contributed by atoms with Gasteiger partial charge in [0.15, 0.2) is 0 Å². The third-order valence-corrected chi connectivity index (χ3v) is 2.62. The van der Waals surface area contributed by atoms with Gasteiger partial charge in [-0.3, -0.25) is 0 Å². The summed E-state index contributed by atoms with van der Waals surface area (Å²) in [5, 5.41) is 3.49. The third kappa shape index (κ3) is 4.71. The zero-order valence-corrected chi connectivity index (χ0v) is 10.8. The summed E-state index contributed by atoms with van der Waals surface area (Å²) >= 11 is 0. The number of hydrogen-bond donors (Lipinski definition) is 1. The second-order valence-corrected chi connectivity index (χ2v) is 5.38. The summed E-state index contributed by atoms with van der Waals surface area (Å²) in [7, 11) is 0. The van der Waals surface area contributed by atoms with Crippen molar-refractivity contribution in [2.24, 2.45) is 5.41 Å². The van der Waals surface area contributed by atoms with Gasteiger partial charge in [-0.2, -0.15) is 0 Å². The third-order valence-electron chi connectivity index (χ3n) is 2.62. The Morgan fingerprint density at radius 3 is 2.38 bits per heavy atom. The van der Waals surface area contributed by atoms with Crippen LogP contribution in [0, 0.1) is 5.41 Å². The molecular formula is C13H23N3. The van der Waals surface area contributed by atoms with E-state index in [0.29, 0.717) is 11.5 Å². The van der Waals surface area contributed by atoms with E-state index in [-0.39, 0.29) is 0 Å². The molecule has 0 fully saturated rings. The highest BCUT2D eigenvalue weighted by atomic mass is 14.9. The molecule has 0 saturated heterocycles. The molecule has 1 unspecified atom stereocenters. The van der Waals surface area contributed by atoms with Gasteiger partial charge in [0.1, 0.15) is 6.33 Å². The largest absolute Gasteiger partial charge is 0.310 e. The molecule has 1 N–H and O–H groups in total. The van der Waals surface area contributed by atoms with Crippen LogP contribution in [0.4, 0.5) is 0 Å². The number of rotatable bonds is 5. The number of nitrogens with zero attached hydrogens (tertiary/aromatic N) is 2. The molecule has 1 heterocycles. The van der Waals surface area contributed by atoms with Crippen LogP contribution in [0.3, 0.4) is 0 Å². The molecule has 3 heteroatoms. The maximum Gasteiger partial charge on any atom is 0.115 e. The van der Waals surface area contributed by atoms with Crippen molar-refractivity contribution in [3.8, 4) is 0 Å². The van der Waals surface area contributed by atoms with E-state index in [1.807, 2.05) is 12.4 Å². The van der Waals surface area contributed by atoms with E-state index in [1.165, 1.54) is 12.0 Å². The van der Waals surface area contributed by atoms with E-state index in [9.17, 15) is 0 Å². The molecule has 0 radical (unpaired) electrons. The average molecular weight is 221 g/mol. The molecule has 16 heavy (non-hydrogen) atoms. The van der Waals surface area contributed by atoms with Crippen molar-refractivity contribution in [3.05, 3.63) is 24.3 Å². The number of hydrogen-bond acceptors (Lipinski definition) is 3. The van der Waals surface area contributed by atoms with Gasteiger partial charge in [-0.1, -0.05) is 27.7 Å². The van der Waals surface area contributed by atoms with Crippen molar-refractivity contribution in [1.29, 1.82) is 0 Å². The van der Waals surface area contributed by atoms with Crippen molar-refractivity contribution in [2.75, 3.05) is 6.54 Å². The van der Waals surface area contributed by atoms with Crippen LogP contribution in [0.5, 0.6) is 0 Å². The van der Waals surface area contributed by atoms with Crippen molar-refractivity contribution in [2.45, 2.75) is 46.6 Å². The Kier molecular flexibility index (Phi) is 4.87. The summed E-state index contributed by atoms with van der Waals surface area (Å²) < 4.78 is 0. The Balaban J connectivity index is 2.61. The molecule has 1 aromatic rings. The monoisotopic (exact) mass is 221 g/mol. The van der Waals surface area contributed by atoms with Crippen molar-refractivity contribution in [3.63, 3.8) is 0 Å². The van der Waals surface area contributed by atoms with E-state index >= 15 is 0 Å². The quantitative estimate of drug-likeness (QED) is 0.830. The lowest BCUT2D eigenvalue weighted by Crippen LogP contribution is -2.22. The Hall–Kier alpha value is -0.960. The van der Waals surface area contributed by atoms with Gasteiger partial charge < -0.3 is 5.32 Å². The highest BCUT2D eigenvalue weighted by Crippen LogP contribution is 2.26. The minimum absolute atomic E-state index is 0.378. The fourth-order valence-electron chi connectivity index (χ4n) is 1.70. The van der Waals surface area contributed by atoms with E-state index in [1.54, 1.807) is 6.33 Å². The van der Waals surface area contributed by atoms with Gasteiger partial charge in [-0.05, 0) is 24.8 Å². The number of aromatic nitrogens is 2. The first kappa shape index (κ1) is 13.1. The Morgan fingerprint density at radius 1 is 1.25 bits per heavy atom. The first-order chi connectivity index (χ1) is 7.53. The fourth-order valence-corrected chi connectivity index (χ4v) is 1.70. The highest BCUT2D eigenvalue weighted by Gasteiger charge is 2.16. The highest BCUT2D eigenvalue weighted by molar-refractivity contribution is 5.09. The average Bonchev–Trinajstić information content (AvgIpc) is 2.24. The maximum atomic E-state index is 4.08. The zero-order chi connectivity index (χ0) is 12.0. The molecule has 1 rings (SSSR count). The molecule has 0 amide bonds. The van der Waals surface area contributed by atoms with E-state index < -0.39 is 0 Å². The predicted octanol–water partition coefficient (Wildman–Crippen LogP) is 2.95. The van der Waals surface area contributed by atoms with Crippen LogP contribution in [0.15, 0.2) is 18.7 Å². The minimum Gasteiger partial charge on any atom is -0.310 e. The molecule has 3 nitrogen and oxygen atoms in total. The lowest BCUT2D eigenvalue weighted by atomic mass is 9.87. The molecule has 0 aliphatic rings. The van der Waals surface area contributed by atoms with Crippen LogP contribution >= 0.6 is 0 Å². The fraction of sp³-hybridized carbons (Fsp3) is 0.692. The van der Waals surface area contributed by atoms with Crippen LogP contribution < -0.4 is 5.32 Å². The van der Waals surface area contributed by atoms with Crippen LogP contribution in [0.25, 0.3) is 0 Å². The second-order valence-electron chi connectivity index (χ2n) is 5.38. The van der Waals surface area contributed by atoms with Crippen molar-refractivity contribution >= 4 is 0 Å². The van der Waals surface area contributed by atoms with Crippen LogP contribution in [-0.4, -0.2) is 16.5 Å².